The van der Waals surface area contributed by atoms with Crippen LogP contribution >= 0.6 is 11.8 Å². The molecule has 0 aliphatic carbocycles. The van der Waals surface area contributed by atoms with Crippen molar-refractivity contribution in [1.82, 2.24) is 14.1 Å². The molecule has 4 nitrogen and oxygen atoms in total. The van der Waals surface area contributed by atoms with Crippen LogP contribution in [0.25, 0.3) is 10.9 Å². The van der Waals surface area contributed by atoms with Crippen molar-refractivity contribution in [2.45, 2.75) is 13.8 Å². The second-order valence-electron chi connectivity index (χ2n) is 3.04. The molecule has 0 atom stereocenters. The van der Waals surface area contributed by atoms with E-state index in [4.69, 9.17) is 11.8 Å². The van der Waals surface area contributed by atoms with Crippen molar-refractivity contribution in [3.05, 3.63) is 34.1 Å². The molecule has 0 unspecified atom stereocenters. The summed E-state index contributed by atoms with van der Waals surface area (Å²) in [6.45, 7) is 3.49. The highest BCUT2D eigenvalue weighted by Gasteiger charge is 2.07. The highest BCUT2D eigenvalue weighted by atomic mass is 35.5. The van der Waals surface area contributed by atoms with Crippen molar-refractivity contribution in [3.8, 4) is 0 Å². The summed E-state index contributed by atoms with van der Waals surface area (Å²) in [7, 11) is 0. The summed E-state index contributed by atoms with van der Waals surface area (Å²) in [5.74, 6) is 0.472. The van der Waals surface area contributed by atoms with Crippen LogP contribution in [0, 0.1) is 13.8 Å². The molecular weight excluding hydrogens is 202 g/mol. The smallest absolute Gasteiger partial charge is 0.267 e. The predicted molar refractivity (Wildman–Crippen MR) is 54.5 cm³/mol. The Hall–Kier alpha value is -1.42. The number of hydrogen-bond acceptors (Lipinski definition) is 3. The topological polar surface area (TPSA) is 47.8 Å². The van der Waals surface area contributed by atoms with Gasteiger partial charge in [0.25, 0.3) is 5.56 Å². The Labute approximate surface area is 85.3 Å². The molecule has 0 bridgehead atoms. The summed E-state index contributed by atoms with van der Waals surface area (Å²) in [5.41, 5.74) is 1.10. The first-order chi connectivity index (χ1) is 6.61. The van der Waals surface area contributed by atoms with Gasteiger partial charge in [-0.2, -0.15) is 0 Å². The summed E-state index contributed by atoms with van der Waals surface area (Å²) in [5, 5.41) is 0.498. The van der Waals surface area contributed by atoms with Crippen LogP contribution in [-0.4, -0.2) is 14.1 Å². The zero-order valence-electron chi connectivity index (χ0n) is 7.78. The maximum Gasteiger partial charge on any atom is 0.276 e. The zero-order chi connectivity index (χ0) is 10.3. The van der Waals surface area contributed by atoms with Gasteiger partial charge in [-0.1, -0.05) is 0 Å². The summed E-state index contributed by atoms with van der Waals surface area (Å²) in [6, 6.07) is 1.62. The monoisotopic (exact) mass is 209 g/mol. The van der Waals surface area contributed by atoms with Crippen molar-refractivity contribution in [1.29, 1.82) is 0 Å². The average molecular weight is 210 g/mol. The molecule has 2 rings (SSSR count). The molecule has 0 aliphatic heterocycles. The standard InChI is InChI=1S/C9H8ClN3O/c1-5-8-7(3-4-11-5)9(14)13(10)6(2)12-8/h3-4H,1-2H3. The Morgan fingerprint density at radius 3 is 2.86 bits per heavy atom. The first-order valence-electron chi connectivity index (χ1n) is 4.12. The highest BCUT2D eigenvalue weighted by Crippen LogP contribution is 2.10. The van der Waals surface area contributed by atoms with Gasteiger partial charge in [0.2, 0.25) is 0 Å². The summed E-state index contributed by atoms with van der Waals surface area (Å²) in [6.07, 6.45) is 1.58. The second-order valence-corrected chi connectivity index (χ2v) is 3.38. The Morgan fingerprint density at radius 2 is 2.14 bits per heavy atom. The number of nitrogens with zero attached hydrogens (tertiary/aromatic N) is 3. The number of hydrogen-bond donors (Lipinski definition) is 0. The van der Waals surface area contributed by atoms with Crippen LogP contribution in [-0.2, 0) is 0 Å². The fraction of sp³-hybridized carbons (Fsp3) is 0.222. The maximum absolute atomic E-state index is 11.7. The number of aryl methyl sites for hydroxylation is 2. The molecule has 0 aromatic carbocycles. The van der Waals surface area contributed by atoms with E-state index in [2.05, 4.69) is 9.97 Å². The lowest BCUT2D eigenvalue weighted by atomic mass is 10.2. The minimum atomic E-state index is -0.250. The third kappa shape index (κ3) is 1.19. The SMILES string of the molecule is Cc1nccc2c(=O)n(Cl)c(C)nc12. The molecule has 0 spiro atoms. The quantitative estimate of drug-likeness (QED) is 0.659. The molecule has 2 aromatic rings. The van der Waals surface area contributed by atoms with Gasteiger partial charge in [-0.15, -0.1) is 0 Å². The van der Waals surface area contributed by atoms with Crippen LogP contribution in [0.5, 0.6) is 0 Å². The van der Waals surface area contributed by atoms with E-state index in [1.807, 2.05) is 6.92 Å². The van der Waals surface area contributed by atoms with E-state index in [0.29, 0.717) is 16.7 Å². The van der Waals surface area contributed by atoms with Gasteiger partial charge in [-0.25, -0.2) is 9.07 Å². The van der Waals surface area contributed by atoms with Gasteiger partial charge in [-0.3, -0.25) is 9.78 Å². The Balaban J connectivity index is 3.06. The molecule has 2 heterocycles. The Kier molecular flexibility index (Phi) is 2.00. The lowest BCUT2D eigenvalue weighted by Gasteiger charge is -2.03. The van der Waals surface area contributed by atoms with Gasteiger partial charge in [0.05, 0.1) is 16.6 Å². The molecule has 0 aliphatic rings. The Bertz CT molecular complexity index is 562. The van der Waals surface area contributed by atoms with Gasteiger partial charge in [0.1, 0.15) is 5.82 Å². The van der Waals surface area contributed by atoms with Crippen LogP contribution in [0.4, 0.5) is 0 Å². The normalized spacial score (nSPS) is 10.8. The molecule has 0 saturated carbocycles. The van der Waals surface area contributed by atoms with Gasteiger partial charge in [-0.05, 0) is 19.9 Å². The number of pyridine rings is 1. The molecule has 2 aromatic heterocycles. The van der Waals surface area contributed by atoms with E-state index in [0.717, 1.165) is 9.78 Å². The predicted octanol–water partition coefficient (Wildman–Crippen LogP) is 1.41. The average Bonchev–Trinajstić information content (AvgIpc) is 2.17. The van der Waals surface area contributed by atoms with Crippen molar-refractivity contribution < 1.29 is 0 Å². The van der Waals surface area contributed by atoms with Crippen LogP contribution in [0.1, 0.15) is 11.5 Å². The zero-order valence-corrected chi connectivity index (χ0v) is 8.54. The first-order valence-corrected chi connectivity index (χ1v) is 4.46. The number of fused-ring (bicyclic) bond motifs is 1. The van der Waals surface area contributed by atoms with Crippen molar-refractivity contribution in [3.63, 3.8) is 0 Å². The number of halogens is 1. The minimum absolute atomic E-state index is 0.250. The van der Waals surface area contributed by atoms with Crippen LogP contribution in [0.15, 0.2) is 17.1 Å². The molecular formula is C9H8ClN3O. The summed E-state index contributed by atoms with van der Waals surface area (Å²) >= 11 is 5.73. The van der Waals surface area contributed by atoms with Gasteiger partial charge in [0, 0.05) is 18.0 Å². The summed E-state index contributed by atoms with van der Waals surface area (Å²) in [4.78, 5) is 19.9. The third-order valence-electron chi connectivity index (χ3n) is 2.07. The molecule has 0 amide bonds. The van der Waals surface area contributed by atoms with E-state index in [-0.39, 0.29) is 5.56 Å². The second kappa shape index (κ2) is 3.06. The molecule has 14 heavy (non-hydrogen) atoms. The number of rotatable bonds is 0. The van der Waals surface area contributed by atoms with Gasteiger partial charge < -0.3 is 0 Å². The fourth-order valence-corrected chi connectivity index (χ4v) is 1.46. The van der Waals surface area contributed by atoms with Crippen molar-refractivity contribution >= 4 is 22.7 Å². The molecule has 0 saturated heterocycles. The van der Waals surface area contributed by atoms with E-state index in [1.54, 1.807) is 19.2 Å². The molecule has 0 N–H and O–H groups in total. The molecule has 0 radical (unpaired) electrons. The largest absolute Gasteiger partial charge is 0.276 e. The minimum Gasteiger partial charge on any atom is -0.267 e. The molecule has 72 valence electrons. The summed E-state index contributed by atoms with van der Waals surface area (Å²) < 4.78 is 1.02. The highest BCUT2D eigenvalue weighted by molar-refractivity contribution is 6.16. The lowest BCUT2D eigenvalue weighted by molar-refractivity contribution is 0.979. The van der Waals surface area contributed by atoms with E-state index in [9.17, 15) is 4.79 Å². The van der Waals surface area contributed by atoms with E-state index < -0.39 is 0 Å². The van der Waals surface area contributed by atoms with Crippen LogP contribution in [0.2, 0.25) is 0 Å². The van der Waals surface area contributed by atoms with E-state index in [1.165, 1.54) is 0 Å². The van der Waals surface area contributed by atoms with Crippen molar-refractivity contribution in [2.24, 2.45) is 0 Å². The fourth-order valence-electron chi connectivity index (χ4n) is 1.33. The molecule has 0 fully saturated rings. The third-order valence-corrected chi connectivity index (χ3v) is 2.47. The van der Waals surface area contributed by atoms with E-state index >= 15 is 0 Å². The first kappa shape index (κ1) is 9.15. The van der Waals surface area contributed by atoms with Crippen LogP contribution < -0.4 is 5.56 Å². The van der Waals surface area contributed by atoms with Gasteiger partial charge in [0.15, 0.2) is 0 Å². The maximum atomic E-state index is 11.7. The van der Waals surface area contributed by atoms with Gasteiger partial charge >= 0.3 is 0 Å². The Morgan fingerprint density at radius 1 is 1.43 bits per heavy atom. The molecule has 5 heteroatoms. The number of aromatic nitrogens is 3. The van der Waals surface area contributed by atoms with Crippen LogP contribution in [0.3, 0.4) is 0 Å². The van der Waals surface area contributed by atoms with Crippen molar-refractivity contribution in [2.75, 3.05) is 0 Å². The lowest BCUT2D eigenvalue weighted by Crippen LogP contribution is -2.17.